The molecule has 0 saturated carbocycles. The van der Waals surface area contributed by atoms with Crippen LogP contribution in [0.1, 0.15) is 10.4 Å². The number of rotatable bonds is 6. The fourth-order valence-electron chi connectivity index (χ4n) is 1.31. The molecular weight excluding hydrogens is 332 g/mol. The minimum Gasteiger partial charge on any atom is -0.496 e. The number of amides is 2. The Bertz CT molecular complexity index is 533. The minimum atomic E-state index is -1.15. The van der Waals surface area contributed by atoms with Crippen molar-refractivity contribution in [3.8, 4) is 5.75 Å². The Hall–Kier alpha value is -2.09. The van der Waals surface area contributed by atoms with Crippen LogP contribution in [0.25, 0.3) is 0 Å². The number of nitrogens with one attached hydrogen (secondary N) is 2. The van der Waals surface area contributed by atoms with Gasteiger partial charge in [-0.3, -0.25) is 14.4 Å². The molecule has 1 aromatic carbocycles. The maximum absolute atomic E-state index is 11.8. The van der Waals surface area contributed by atoms with E-state index in [0.717, 1.165) is 0 Å². The van der Waals surface area contributed by atoms with Gasteiger partial charge in [-0.1, -0.05) is 0 Å². The number of carboxylic acid groups (broad SMARTS) is 1. The van der Waals surface area contributed by atoms with Gasteiger partial charge in [-0.15, -0.1) is 0 Å². The summed E-state index contributed by atoms with van der Waals surface area (Å²) in [7, 11) is 1.51. The number of benzene rings is 1. The molecule has 7 nitrogen and oxygen atoms in total. The van der Waals surface area contributed by atoms with Gasteiger partial charge in [-0.25, -0.2) is 0 Å². The molecule has 0 fully saturated rings. The Morgan fingerprint density at radius 3 is 2.50 bits per heavy atom. The topological polar surface area (TPSA) is 105 Å². The van der Waals surface area contributed by atoms with Gasteiger partial charge in [0.1, 0.15) is 12.3 Å². The maximum atomic E-state index is 11.8. The number of aliphatic carboxylic acids is 1. The third-order valence-corrected chi connectivity index (χ3v) is 2.88. The van der Waals surface area contributed by atoms with Crippen LogP contribution in [0.3, 0.4) is 0 Å². The van der Waals surface area contributed by atoms with E-state index in [4.69, 9.17) is 9.84 Å². The molecule has 0 saturated heterocycles. The van der Waals surface area contributed by atoms with Crippen LogP contribution in [0.5, 0.6) is 5.75 Å². The summed E-state index contributed by atoms with van der Waals surface area (Å²) in [6.45, 7) is -0.779. The molecule has 0 bridgehead atoms. The Balaban J connectivity index is 2.52. The van der Waals surface area contributed by atoms with Gasteiger partial charge < -0.3 is 20.5 Å². The summed E-state index contributed by atoms with van der Waals surface area (Å²) in [5, 5.41) is 12.9. The average Bonchev–Trinajstić information content (AvgIpc) is 2.42. The lowest BCUT2D eigenvalue weighted by molar-refractivity contribution is -0.137. The smallest absolute Gasteiger partial charge is 0.322 e. The van der Waals surface area contributed by atoms with Crippen LogP contribution < -0.4 is 15.4 Å². The molecule has 0 aliphatic rings. The molecule has 0 aromatic heterocycles. The molecule has 0 aliphatic heterocycles. The lowest BCUT2D eigenvalue weighted by atomic mass is 10.2. The summed E-state index contributed by atoms with van der Waals surface area (Å²) in [4.78, 5) is 33.2. The van der Waals surface area contributed by atoms with E-state index in [2.05, 4.69) is 26.6 Å². The van der Waals surface area contributed by atoms with Gasteiger partial charge in [0, 0.05) is 5.56 Å². The van der Waals surface area contributed by atoms with Crippen molar-refractivity contribution in [1.29, 1.82) is 0 Å². The lowest BCUT2D eigenvalue weighted by Crippen LogP contribution is -2.39. The second kappa shape index (κ2) is 7.49. The summed E-state index contributed by atoms with van der Waals surface area (Å²) in [6, 6.07) is 4.72. The Labute approximate surface area is 123 Å². The Morgan fingerprint density at radius 1 is 1.25 bits per heavy atom. The van der Waals surface area contributed by atoms with Gasteiger partial charge in [0.05, 0.1) is 18.1 Å². The number of carbonyl (C=O) groups excluding carboxylic acids is 2. The van der Waals surface area contributed by atoms with Gasteiger partial charge in [-0.2, -0.15) is 0 Å². The summed E-state index contributed by atoms with van der Waals surface area (Å²) in [5.74, 6) is -1.59. The minimum absolute atomic E-state index is 0.296. The molecule has 0 spiro atoms. The number of carbonyl (C=O) groups is 3. The Kier molecular flexibility index (Phi) is 5.98. The first-order valence-electron chi connectivity index (χ1n) is 5.54. The summed E-state index contributed by atoms with van der Waals surface area (Å²) in [6.07, 6.45) is 0. The van der Waals surface area contributed by atoms with Crippen LogP contribution in [-0.2, 0) is 9.59 Å². The first-order valence-corrected chi connectivity index (χ1v) is 6.33. The zero-order valence-corrected chi connectivity index (χ0v) is 12.2. The maximum Gasteiger partial charge on any atom is 0.322 e. The van der Waals surface area contributed by atoms with Crippen molar-refractivity contribution >= 4 is 33.7 Å². The van der Waals surface area contributed by atoms with Crippen LogP contribution in [-0.4, -0.2) is 43.1 Å². The average molecular weight is 345 g/mol. The largest absolute Gasteiger partial charge is 0.496 e. The van der Waals surface area contributed by atoms with Crippen molar-refractivity contribution in [2.24, 2.45) is 0 Å². The molecule has 0 unspecified atom stereocenters. The second-order valence-corrected chi connectivity index (χ2v) is 4.56. The van der Waals surface area contributed by atoms with E-state index in [1.165, 1.54) is 7.11 Å². The SMILES string of the molecule is COc1ccc(C(=O)NCC(=O)NCC(=O)O)cc1Br. The first kappa shape index (κ1) is 16.0. The first-order chi connectivity index (χ1) is 9.43. The van der Waals surface area contributed by atoms with Crippen molar-refractivity contribution in [2.45, 2.75) is 0 Å². The predicted molar refractivity (Wildman–Crippen MR) is 73.7 cm³/mol. The van der Waals surface area contributed by atoms with Crippen LogP contribution in [0, 0.1) is 0 Å². The van der Waals surface area contributed by atoms with Crippen LogP contribution in [0.15, 0.2) is 22.7 Å². The highest BCUT2D eigenvalue weighted by molar-refractivity contribution is 9.10. The van der Waals surface area contributed by atoms with Crippen molar-refractivity contribution in [2.75, 3.05) is 20.2 Å². The highest BCUT2D eigenvalue weighted by Crippen LogP contribution is 2.25. The predicted octanol–water partition coefficient (Wildman–Crippen LogP) is 0.388. The fraction of sp³-hybridized carbons (Fsp3) is 0.250. The van der Waals surface area contributed by atoms with E-state index < -0.39 is 24.3 Å². The van der Waals surface area contributed by atoms with Crippen molar-refractivity contribution in [1.82, 2.24) is 10.6 Å². The molecular formula is C12H13BrN2O5. The van der Waals surface area contributed by atoms with Gasteiger partial charge in [-0.05, 0) is 34.1 Å². The molecule has 0 aliphatic carbocycles. The Morgan fingerprint density at radius 2 is 1.95 bits per heavy atom. The standard InChI is InChI=1S/C12H13BrN2O5/c1-20-9-3-2-7(4-8(9)13)12(19)15-5-10(16)14-6-11(17)18/h2-4H,5-6H2,1H3,(H,14,16)(H,15,19)(H,17,18). The highest BCUT2D eigenvalue weighted by atomic mass is 79.9. The van der Waals surface area contributed by atoms with E-state index in [9.17, 15) is 14.4 Å². The van der Waals surface area contributed by atoms with Crippen LogP contribution in [0.4, 0.5) is 0 Å². The fourth-order valence-corrected chi connectivity index (χ4v) is 1.85. The normalized spacial score (nSPS) is 9.70. The van der Waals surface area contributed by atoms with E-state index in [1.54, 1.807) is 18.2 Å². The molecule has 1 aromatic rings. The number of hydrogen-bond donors (Lipinski definition) is 3. The number of carboxylic acids is 1. The second-order valence-electron chi connectivity index (χ2n) is 3.70. The molecule has 108 valence electrons. The summed E-state index contributed by atoms with van der Waals surface area (Å²) < 4.78 is 5.65. The number of hydrogen-bond acceptors (Lipinski definition) is 4. The third-order valence-electron chi connectivity index (χ3n) is 2.26. The molecule has 0 heterocycles. The molecule has 0 radical (unpaired) electrons. The van der Waals surface area contributed by atoms with Crippen molar-refractivity contribution in [3.05, 3.63) is 28.2 Å². The zero-order valence-electron chi connectivity index (χ0n) is 10.6. The van der Waals surface area contributed by atoms with E-state index >= 15 is 0 Å². The van der Waals surface area contributed by atoms with Crippen LogP contribution >= 0.6 is 15.9 Å². The van der Waals surface area contributed by atoms with E-state index in [0.29, 0.717) is 15.8 Å². The number of halogens is 1. The zero-order chi connectivity index (χ0) is 15.1. The molecule has 0 atom stereocenters. The number of methoxy groups -OCH3 is 1. The van der Waals surface area contributed by atoms with E-state index in [1.807, 2.05) is 0 Å². The summed E-state index contributed by atoms with van der Waals surface area (Å²) in [5.41, 5.74) is 0.351. The third kappa shape index (κ3) is 4.88. The van der Waals surface area contributed by atoms with Gasteiger partial charge >= 0.3 is 5.97 Å². The molecule has 1 rings (SSSR count). The monoisotopic (exact) mass is 344 g/mol. The van der Waals surface area contributed by atoms with Gasteiger partial charge in [0.2, 0.25) is 5.91 Å². The molecule has 3 N–H and O–H groups in total. The lowest BCUT2D eigenvalue weighted by Gasteiger charge is -2.07. The van der Waals surface area contributed by atoms with Gasteiger partial charge in [0.15, 0.2) is 0 Å². The van der Waals surface area contributed by atoms with Gasteiger partial charge in [0.25, 0.3) is 5.91 Å². The molecule has 2 amide bonds. The molecule has 8 heteroatoms. The van der Waals surface area contributed by atoms with Crippen molar-refractivity contribution < 1.29 is 24.2 Å². The highest BCUT2D eigenvalue weighted by Gasteiger charge is 2.10. The van der Waals surface area contributed by atoms with E-state index in [-0.39, 0.29) is 6.54 Å². The number of ether oxygens (including phenoxy) is 1. The quantitative estimate of drug-likeness (QED) is 0.692. The van der Waals surface area contributed by atoms with Crippen LogP contribution in [0.2, 0.25) is 0 Å². The summed E-state index contributed by atoms with van der Waals surface area (Å²) >= 11 is 3.25. The molecule has 20 heavy (non-hydrogen) atoms. The van der Waals surface area contributed by atoms with Crippen molar-refractivity contribution in [3.63, 3.8) is 0 Å².